The largest absolute Gasteiger partial charge is 0.198 e. The van der Waals surface area contributed by atoms with Crippen LogP contribution in [0.3, 0.4) is 0 Å². The first kappa shape index (κ1) is 15.3. The van der Waals surface area contributed by atoms with Crippen LogP contribution in [-0.4, -0.2) is 0 Å². The van der Waals surface area contributed by atoms with Gasteiger partial charge in [-0.2, -0.15) is 5.26 Å². The molecule has 2 rings (SSSR count). The topological polar surface area (TPSA) is 23.8 Å². The SMILES string of the molecule is CCCC(CCCC#N)(c1ccccc1)c1ccccc1. The van der Waals surface area contributed by atoms with E-state index in [0.29, 0.717) is 6.42 Å². The lowest BCUT2D eigenvalue weighted by molar-refractivity contribution is 0.420. The first-order valence-corrected chi connectivity index (χ1v) is 7.81. The fraction of sp³-hybridized carbons (Fsp3) is 0.350. The van der Waals surface area contributed by atoms with Gasteiger partial charge >= 0.3 is 0 Å². The standard InChI is InChI=1S/C20H23N/c1-2-15-20(16-9-10-17-21,18-11-5-3-6-12-18)19-13-7-4-8-14-19/h3-8,11-14H,2,9-10,15-16H2,1H3. The average molecular weight is 277 g/mol. The van der Waals surface area contributed by atoms with Crippen LogP contribution < -0.4 is 0 Å². The number of hydrogen-bond donors (Lipinski definition) is 0. The molecule has 1 nitrogen and oxygen atoms in total. The van der Waals surface area contributed by atoms with Crippen molar-refractivity contribution in [3.63, 3.8) is 0 Å². The minimum absolute atomic E-state index is 0.0358. The molecular formula is C20H23N. The molecule has 0 atom stereocenters. The zero-order valence-electron chi connectivity index (χ0n) is 12.8. The van der Waals surface area contributed by atoms with Crippen LogP contribution in [0.15, 0.2) is 60.7 Å². The predicted molar refractivity (Wildman–Crippen MR) is 88.0 cm³/mol. The van der Waals surface area contributed by atoms with E-state index >= 15 is 0 Å². The minimum atomic E-state index is 0.0358. The molecule has 0 aliphatic carbocycles. The smallest absolute Gasteiger partial charge is 0.0621 e. The molecule has 0 aliphatic rings. The Hall–Kier alpha value is -2.07. The Morgan fingerprint density at radius 3 is 1.81 bits per heavy atom. The van der Waals surface area contributed by atoms with Crippen LogP contribution in [0, 0.1) is 11.3 Å². The minimum Gasteiger partial charge on any atom is -0.198 e. The Bertz CT molecular complexity index is 526. The van der Waals surface area contributed by atoms with Crippen LogP contribution in [0.4, 0.5) is 0 Å². The number of rotatable bonds is 7. The van der Waals surface area contributed by atoms with Crippen molar-refractivity contribution in [2.45, 2.75) is 44.4 Å². The molecule has 0 aromatic heterocycles. The second-order valence-electron chi connectivity index (χ2n) is 5.58. The van der Waals surface area contributed by atoms with E-state index in [0.717, 1.165) is 25.7 Å². The quantitative estimate of drug-likeness (QED) is 0.616. The monoisotopic (exact) mass is 277 g/mol. The number of unbranched alkanes of at least 4 members (excludes halogenated alkanes) is 1. The van der Waals surface area contributed by atoms with Gasteiger partial charge in [-0.15, -0.1) is 0 Å². The molecule has 0 saturated carbocycles. The summed E-state index contributed by atoms with van der Waals surface area (Å²) in [6.45, 7) is 2.24. The van der Waals surface area contributed by atoms with Crippen LogP contribution in [0.2, 0.25) is 0 Å². The van der Waals surface area contributed by atoms with E-state index in [1.807, 2.05) is 0 Å². The highest BCUT2D eigenvalue weighted by molar-refractivity contribution is 5.39. The molecule has 0 amide bonds. The molecular weight excluding hydrogens is 254 g/mol. The Balaban J connectivity index is 2.47. The lowest BCUT2D eigenvalue weighted by Crippen LogP contribution is -2.27. The summed E-state index contributed by atoms with van der Waals surface area (Å²) in [6.07, 6.45) is 4.86. The van der Waals surface area contributed by atoms with Crippen LogP contribution in [0.25, 0.3) is 0 Å². The maximum absolute atomic E-state index is 8.88. The number of nitriles is 1. The first-order chi connectivity index (χ1) is 10.3. The summed E-state index contributed by atoms with van der Waals surface area (Å²) in [4.78, 5) is 0. The number of hydrogen-bond acceptors (Lipinski definition) is 1. The molecule has 0 heterocycles. The van der Waals surface area contributed by atoms with Gasteiger partial charge in [0.25, 0.3) is 0 Å². The molecule has 0 aliphatic heterocycles. The van der Waals surface area contributed by atoms with E-state index in [1.54, 1.807) is 0 Å². The normalized spacial score (nSPS) is 11.0. The maximum atomic E-state index is 8.88. The molecule has 2 aromatic carbocycles. The van der Waals surface area contributed by atoms with Crippen molar-refractivity contribution in [2.75, 3.05) is 0 Å². The van der Waals surface area contributed by atoms with E-state index in [4.69, 9.17) is 5.26 Å². The van der Waals surface area contributed by atoms with E-state index in [1.165, 1.54) is 11.1 Å². The average Bonchev–Trinajstić information content (AvgIpc) is 2.56. The summed E-state index contributed by atoms with van der Waals surface area (Å²) in [5, 5.41) is 8.88. The third-order valence-corrected chi connectivity index (χ3v) is 4.22. The summed E-state index contributed by atoms with van der Waals surface area (Å²) in [5.41, 5.74) is 2.78. The Morgan fingerprint density at radius 2 is 1.38 bits per heavy atom. The molecule has 2 aromatic rings. The third kappa shape index (κ3) is 3.52. The lowest BCUT2D eigenvalue weighted by atomic mass is 9.68. The predicted octanol–water partition coefficient (Wildman–Crippen LogP) is 5.47. The second-order valence-corrected chi connectivity index (χ2v) is 5.58. The molecule has 0 spiro atoms. The lowest BCUT2D eigenvalue weighted by Gasteiger charge is -2.35. The first-order valence-electron chi connectivity index (χ1n) is 7.81. The zero-order valence-corrected chi connectivity index (χ0v) is 12.8. The van der Waals surface area contributed by atoms with Crippen molar-refractivity contribution in [1.29, 1.82) is 5.26 Å². The van der Waals surface area contributed by atoms with E-state index < -0.39 is 0 Å². The van der Waals surface area contributed by atoms with E-state index in [2.05, 4.69) is 73.7 Å². The fourth-order valence-electron chi connectivity index (χ4n) is 3.28. The molecule has 0 fully saturated rings. The molecule has 0 unspecified atom stereocenters. The molecule has 1 heteroatoms. The van der Waals surface area contributed by atoms with Gasteiger partial charge in [-0.25, -0.2) is 0 Å². The van der Waals surface area contributed by atoms with Gasteiger partial charge in [0, 0.05) is 11.8 Å². The molecule has 0 N–H and O–H groups in total. The Kier molecular flexibility index (Phi) is 5.58. The summed E-state index contributed by atoms with van der Waals surface area (Å²) in [7, 11) is 0. The highest BCUT2D eigenvalue weighted by Crippen LogP contribution is 2.41. The zero-order chi connectivity index (χ0) is 15.0. The van der Waals surface area contributed by atoms with Crippen LogP contribution in [-0.2, 0) is 5.41 Å². The Morgan fingerprint density at radius 1 is 0.857 bits per heavy atom. The number of nitrogens with zero attached hydrogens (tertiary/aromatic N) is 1. The summed E-state index contributed by atoms with van der Waals surface area (Å²) >= 11 is 0. The molecule has 0 saturated heterocycles. The van der Waals surface area contributed by atoms with Gasteiger partial charge in [0.05, 0.1) is 6.07 Å². The van der Waals surface area contributed by atoms with Gasteiger partial charge in [-0.1, -0.05) is 74.0 Å². The fourth-order valence-corrected chi connectivity index (χ4v) is 3.28. The van der Waals surface area contributed by atoms with Gasteiger partial charge in [0.1, 0.15) is 0 Å². The van der Waals surface area contributed by atoms with Crippen LogP contribution in [0.1, 0.15) is 50.2 Å². The molecule has 0 radical (unpaired) electrons. The highest BCUT2D eigenvalue weighted by atomic mass is 14.4. The van der Waals surface area contributed by atoms with Gasteiger partial charge in [-0.3, -0.25) is 0 Å². The van der Waals surface area contributed by atoms with Crippen molar-refractivity contribution < 1.29 is 0 Å². The van der Waals surface area contributed by atoms with Gasteiger partial charge in [0.2, 0.25) is 0 Å². The van der Waals surface area contributed by atoms with Crippen molar-refractivity contribution in [1.82, 2.24) is 0 Å². The van der Waals surface area contributed by atoms with E-state index in [-0.39, 0.29) is 5.41 Å². The molecule has 0 bridgehead atoms. The Labute approximate surface area is 128 Å². The summed E-state index contributed by atoms with van der Waals surface area (Å²) in [5.74, 6) is 0. The third-order valence-electron chi connectivity index (χ3n) is 4.22. The maximum Gasteiger partial charge on any atom is 0.0621 e. The van der Waals surface area contributed by atoms with Crippen molar-refractivity contribution >= 4 is 0 Å². The van der Waals surface area contributed by atoms with Crippen molar-refractivity contribution in [2.24, 2.45) is 0 Å². The second kappa shape index (κ2) is 7.64. The summed E-state index contributed by atoms with van der Waals surface area (Å²) in [6, 6.07) is 23.8. The van der Waals surface area contributed by atoms with E-state index in [9.17, 15) is 0 Å². The van der Waals surface area contributed by atoms with Crippen LogP contribution >= 0.6 is 0 Å². The van der Waals surface area contributed by atoms with Gasteiger partial charge in [0.15, 0.2) is 0 Å². The van der Waals surface area contributed by atoms with Crippen molar-refractivity contribution in [3.05, 3.63) is 71.8 Å². The molecule has 108 valence electrons. The molecule has 21 heavy (non-hydrogen) atoms. The number of benzene rings is 2. The van der Waals surface area contributed by atoms with Crippen molar-refractivity contribution in [3.8, 4) is 6.07 Å². The summed E-state index contributed by atoms with van der Waals surface area (Å²) < 4.78 is 0. The van der Waals surface area contributed by atoms with Gasteiger partial charge in [-0.05, 0) is 30.4 Å². The highest BCUT2D eigenvalue weighted by Gasteiger charge is 2.32. The van der Waals surface area contributed by atoms with Crippen LogP contribution in [0.5, 0.6) is 0 Å². The van der Waals surface area contributed by atoms with Gasteiger partial charge < -0.3 is 0 Å².